The van der Waals surface area contributed by atoms with Crippen LogP contribution in [0.3, 0.4) is 0 Å². The second-order valence-corrected chi connectivity index (χ2v) is 7.53. The van der Waals surface area contributed by atoms with Gasteiger partial charge in [0.05, 0.1) is 17.4 Å². The van der Waals surface area contributed by atoms with Gasteiger partial charge in [-0.3, -0.25) is 4.79 Å². The minimum Gasteiger partial charge on any atom is -0.377 e. The highest BCUT2D eigenvalue weighted by Gasteiger charge is 2.29. The summed E-state index contributed by atoms with van der Waals surface area (Å²) in [5.74, 6) is 0.138. The number of rotatable bonds is 3. The summed E-state index contributed by atoms with van der Waals surface area (Å²) in [6, 6.07) is 25.1. The van der Waals surface area contributed by atoms with E-state index in [9.17, 15) is 4.79 Å². The molecule has 0 aliphatic carbocycles. The molecule has 1 N–H and O–H groups in total. The summed E-state index contributed by atoms with van der Waals surface area (Å²) >= 11 is 6.08. The fourth-order valence-electron chi connectivity index (χ4n) is 3.76. The van der Waals surface area contributed by atoms with Gasteiger partial charge in [-0.1, -0.05) is 54.1 Å². The number of nitrogens with zero attached hydrogens (tertiary/aromatic N) is 2. The lowest BCUT2D eigenvalue weighted by molar-refractivity contribution is 0.0972. The molecule has 1 atom stereocenters. The topological polar surface area (TPSA) is 46.9 Å². The molecule has 1 aromatic heterocycles. The lowest BCUT2D eigenvalue weighted by atomic mass is 9.91. The van der Waals surface area contributed by atoms with Crippen molar-refractivity contribution in [3.63, 3.8) is 0 Å². The van der Waals surface area contributed by atoms with Crippen LogP contribution in [0.2, 0.25) is 5.02 Å². The van der Waals surface area contributed by atoms with Gasteiger partial charge >= 0.3 is 0 Å². The highest BCUT2D eigenvalue weighted by molar-refractivity contribution is 6.30. The molecule has 0 saturated carbocycles. The number of hydrogen-bond donors (Lipinski definition) is 1. The first-order chi connectivity index (χ1) is 14.2. The Labute approximate surface area is 173 Å². The van der Waals surface area contributed by atoms with Gasteiger partial charge in [0, 0.05) is 40.0 Å². The first kappa shape index (κ1) is 17.7. The van der Waals surface area contributed by atoms with Crippen LogP contribution >= 0.6 is 11.6 Å². The summed E-state index contributed by atoms with van der Waals surface area (Å²) in [6.07, 6.45) is 2.40. The monoisotopic (exact) mass is 399 g/mol. The van der Waals surface area contributed by atoms with E-state index in [1.54, 1.807) is 0 Å². The normalized spacial score (nSPS) is 15.6. The molecule has 1 aliphatic heterocycles. The number of para-hydroxylation sites is 2. The second kappa shape index (κ2) is 7.22. The molecule has 0 amide bonds. The average Bonchev–Trinajstić information content (AvgIpc) is 3.20. The van der Waals surface area contributed by atoms with Crippen molar-refractivity contribution in [2.75, 3.05) is 5.32 Å². The number of benzene rings is 3. The number of halogens is 1. The van der Waals surface area contributed by atoms with Crippen molar-refractivity contribution in [3.05, 3.63) is 101 Å². The zero-order chi connectivity index (χ0) is 19.8. The van der Waals surface area contributed by atoms with E-state index in [1.807, 2.05) is 89.7 Å². The van der Waals surface area contributed by atoms with Gasteiger partial charge in [-0.05, 0) is 36.4 Å². The number of anilines is 1. The Balaban J connectivity index is 1.62. The van der Waals surface area contributed by atoms with Crippen molar-refractivity contribution in [2.45, 2.75) is 12.5 Å². The first-order valence-corrected chi connectivity index (χ1v) is 9.86. The van der Waals surface area contributed by atoms with Gasteiger partial charge in [-0.2, -0.15) is 5.10 Å². The average molecular weight is 400 g/mol. The fourth-order valence-corrected chi connectivity index (χ4v) is 3.89. The molecule has 4 aromatic rings. The zero-order valence-electron chi connectivity index (χ0n) is 15.5. The van der Waals surface area contributed by atoms with Crippen LogP contribution in [0, 0.1) is 0 Å². The van der Waals surface area contributed by atoms with Gasteiger partial charge in [-0.25, -0.2) is 4.68 Å². The van der Waals surface area contributed by atoms with Gasteiger partial charge in [0.25, 0.3) is 0 Å². The largest absolute Gasteiger partial charge is 0.377 e. The van der Waals surface area contributed by atoms with Gasteiger partial charge in [0.1, 0.15) is 0 Å². The third-order valence-corrected chi connectivity index (χ3v) is 5.46. The molecule has 5 rings (SSSR count). The Kier molecular flexibility index (Phi) is 4.41. The number of aromatic nitrogens is 2. The third kappa shape index (κ3) is 3.32. The molecule has 2 heterocycles. The standard InChI is InChI=1S/C24H18ClN3O/c25-17-12-10-16(11-13-17)24-20(15-28(27-24)18-6-2-1-3-7-18)22-14-23(29)19-8-4-5-9-21(19)26-22/h1-13,15,22,26H,14H2. The predicted molar refractivity (Wildman–Crippen MR) is 116 cm³/mol. The summed E-state index contributed by atoms with van der Waals surface area (Å²) in [5, 5.41) is 9.07. The van der Waals surface area contributed by atoms with Gasteiger partial charge in [0.2, 0.25) is 0 Å². The highest BCUT2D eigenvalue weighted by Crippen LogP contribution is 2.37. The SMILES string of the molecule is O=C1CC(c2cn(-c3ccccc3)nc2-c2ccc(Cl)cc2)Nc2ccccc21. The smallest absolute Gasteiger partial charge is 0.167 e. The Morgan fingerprint density at radius 2 is 1.66 bits per heavy atom. The van der Waals surface area contributed by atoms with E-state index < -0.39 is 0 Å². The molecule has 142 valence electrons. The van der Waals surface area contributed by atoms with E-state index in [4.69, 9.17) is 16.7 Å². The van der Waals surface area contributed by atoms with Crippen LogP contribution in [-0.2, 0) is 0 Å². The van der Waals surface area contributed by atoms with Gasteiger partial charge in [-0.15, -0.1) is 0 Å². The summed E-state index contributed by atoms with van der Waals surface area (Å²) in [6.45, 7) is 0. The van der Waals surface area contributed by atoms with Crippen LogP contribution < -0.4 is 5.32 Å². The highest BCUT2D eigenvalue weighted by atomic mass is 35.5. The second-order valence-electron chi connectivity index (χ2n) is 7.09. The predicted octanol–water partition coefficient (Wildman–Crippen LogP) is 5.93. The van der Waals surface area contributed by atoms with E-state index in [0.717, 1.165) is 33.8 Å². The maximum absolute atomic E-state index is 12.8. The molecule has 3 aromatic carbocycles. The zero-order valence-corrected chi connectivity index (χ0v) is 16.3. The number of Topliss-reactive ketones (excluding diaryl/α,β-unsaturated/α-hetero) is 1. The quantitative estimate of drug-likeness (QED) is 0.464. The summed E-state index contributed by atoms with van der Waals surface area (Å²) in [4.78, 5) is 12.8. The van der Waals surface area contributed by atoms with Crippen LogP contribution in [0.5, 0.6) is 0 Å². The lowest BCUT2D eigenvalue weighted by Gasteiger charge is -2.26. The molecular weight excluding hydrogens is 382 g/mol. The molecule has 1 unspecified atom stereocenters. The van der Waals surface area contributed by atoms with Crippen molar-refractivity contribution >= 4 is 23.1 Å². The number of fused-ring (bicyclic) bond motifs is 1. The maximum Gasteiger partial charge on any atom is 0.167 e. The molecule has 1 aliphatic rings. The number of hydrogen-bond acceptors (Lipinski definition) is 3. The molecule has 0 saturated heterocycles. The third-order valence-electron chi connectivity index (χ3n) is 5.20. The minimum absolute atomic E-state index is 0.138. The van der Waals surface area contributed by atoms with E-state index in [1.165, 1.54) is 0 Å². The van der Waals surface area contributed by atoms with E-state index in [2.05, 4.69) is 5.32 Å². The van der Waals surface area contributed by atoms with Crippen molar-refractivity contribution < 1.29 is 4.79 Å². The number of ketones is 1. The Hall–Kier alpha value is -3.37. The van der Waals surface area contributed by atoms with E-state index in [0.29, 0.717) is 11.4 Å². The van der Waals surface area contributed by atoms with Crippen LogP contribution in [-0.4, -0.2) is 15.6 Å². The first-order valence-electron chi connectivity index (χ1n) is 9.49. The molecule has 29 heavy (non-hydrogen) atoms. The fraction of sp³-hybridized carbons (Fsp3) is 0.0833. The Morgan fingerprint density at radius 3 is 2.45 bits per heavy atom. The van der Waals surface area contributed by atoms with Crippen molar-refractivity contribution in [1.82, 2.24) is 9.78 Å². The van der Waals surface area contributed by atoms with E-state index >= 15 is 0 Å². The van der Waals surface area contributed by atoms with Crippen LogP contribution in [0.4, 0.5) is 5.69 Å². The maximum atomic E-state index is 12.8. The van der Waals surface area contributed by atoms with Crippen molar-refractivity contribution in [1.29, 1.82) is 0 Å². The Morgan fingerprint density at radius 1 is 0.931 bits per heavy atom. The lowest BCUT2D eigenvalue weighted by Crippen LogP contribution is -2.22. The van der Waals surface area contributed by atoms with Crippen LogP contribution in [0.1, 0.15) is 28.4 Å². The van der Waals surface area contributed by atoms with Crippen LogP contribution in [0.15, 0.2) is 85.1 Å². The van der Waals surface area contributed by atoms with Gasteiger partial charge in [0.15, 0.2) is 5.78 Å². The minimum atomic E-state index is -0.152. The van der Waals surface area contributed by atoms with Crippen LogP contribution in [0.25, 0.3) is 16.9 Å². The number of nitrogens with one attached hydrogen (secondary N) is 1. The molecule has 0 radical (unpaired) electrons. The number of carbonyl (C=O) groups excluding carboxylic acids is 1. The molecule has 0 spiro atoms. The summed E-state index contributed by atoms with van der Waals surface area (Å²) in [7, 11) is 0. The van der Waals surface area contributed by atoms with E-state index in [-0.39, 0.29) is 11.8 Å². The molecule has 0 bridgehead atoms. The summed E-state index contributed by atoms with van der Waals surface area (Å²) < 4.78 is 1.87. The molecule has 4 nitrogen and oxygen atoms in total. The molecule has 5 heteroatoms. The molecule has 0 fully saturated rings. The number of carbonyl (C=O) groups is 1. The van der Waals surface area contributed by atoms with Crippen molar-refractivity contribution in [2.24, 2.45) is 0 Å². The molecular formula is C24H18ClN3O. The Bertz CT molecular complexity index is 1180. The van der Waals surface area contributed by atoms with Crippen molar-refractivity contribution in [3.8, 4) is 16.9 Å². The summed E-state index contributed by atoms with van der Waals surface area (Å²) in [5.41, 5.74) is 5.37. The van der Waals surface area contributed by atoms with Gasteiger partial charge < -0.3 is 5.32 Å².